The van der Waals surface area contributed by atoms with Crippen LogP contribution in [0.15, 0.2) is 48.5 Å². The summed E-state index contributed by atoms with van der Waals surface area (Å²) in [7, 11) is 0. The first-order valence-electron chi connectivity index (χ1n) is 8.29. The average Bonchev–Trinajstić information content (AvgIpc) is 2.58. The van der Waals surface area contributed by atoms with Crippen LogP contribution in [0.2, 0.25) is 0 Å². The molecule has 1 amide bonds. The lowest BCUT2D eigenvalue weighted by molar-refractivity contribution is 0.0949. The number of rotatable bonds is 7. The number of para-hydroxylation sites is 1. The van der Waals surface area contributed by atoms with Gasteiger partial charge in [-0.15, -0.1) is 0 Å². The predicted molar refractivity (Wildman–Crippen MR) is 96.8 cm³/mol. The van der Waals surface area contributed by atoms with E-state index in [0.717, 1.165) is 17.7 Å². The molecule has 2 N–H and O–H groups in total. The summed E-state index contributed by atoms with van der Waals surface area (Å²) in [5, 5.41) is 6.42. The maximum Gasteiger partial charge on any atom is 0.251 e. The van der Waals surface area contributed by atoms with Crippen LogP contribution in [0.4, 0.5) is 5.69 Å². The largest absolute Gasteiger partial charge is 0.381 e. The third-order valence-corrected chi connectivity index (χ3v) is 3.74. The van der Waals surface area contributed by atoms with E-state index in [4.69, 9.17) is 0 Å². The van der Waals surface area contributed by atoms with Gasteiger partial charge < -0.3 is 10.6 Å². The standard InChI is InChI=1S/C20H26N2O/c1-4-17-9-5-6-11-19(17)21-14-16-8-7-10-18(12-16)20(23)22-13-15(2)3/h5-12,15,21H,4,13-14H2,1-3H3,(H,22,23). The molecule has 0 atom stereocenters. The third-order valence-electron chi connectivity index (χ3n) is 3.74. The number of aryl methyl sites for hydroxylation is 1. The van der Waals surface area contributed by atoms with Crippen LogP contribution in [0, 0.1) is 5.92 Å². The highest BCUT2D eigenvalue weighted by Gasteiger charge is 2.07. The summed E-state index contributed by atoms with van der Waals surface area (Å²) in [5.74, 6) is 0.448. The molecule has 0 radical (unpaired) electrons. The molecule has 0 aliphatic carbocycles. The lowest BCUT2D eigenvalue weighted by Gasteiger charge is -2.12. The van der Waals surface area contributed by atoms with Crippen molar-refractivity contribution < 1.29 is 4.79 Å². The molecule has 0 spiro atoms. The van der Waals surface area contributed by atoms with Crippen molar-refractivity contribution in [1.82, 2.24) is 5.32 Å². The first-order valence-corrected chi connectivity index (χ1v) is 8.29. The predicted octanol–water partition coefficient (Wildman–Crippen LogP) is 4.25. The summed E-state index contributed by atoms with van der Waals surface area (Å²) in [4.78, 5) is 12.1. The number of benzene rings is 2. The smallest absolute Gasteiger partial charge is 0.251 e. The first-order chi connectivity index (χ1) is 11.1. The molecule has 0 saturated carbocycles. The molecule has 2 aromatic carbocycles. The lowest BCUT2D eigenvalue weighted by atomic mass is 10.1. The van der Waals surface area contributed by atoms with Crippen LogP contribution in [0.3, 0.4) is 0 Å². The van der Waals surface area contributed by atoms with Crippen molar-refractivity contribution in [2.75, 3.05) is 11.9 Å². The van der Waals surface area contributed by atoms with Gasteiger partial charge in [-0.3, -0.25) is 4.79 Å². The molecular formula is C20H26N2O. The average molecular weight is 310 g/mol. The molecule has 0 saturated heterocycles. The normalized spacial score (nSPS) is 10.6. The third kappa shape index (κ3) is 5.13. The van der Waals surface area contributed by atoms with Crippen molar-refractivity contribution in [3.05, 3.63) is 65.2 Å². The summed E-state index contributed by atoms with van der Waals surface area (Å²) in [6.07, 6.45) is 1.00. The molecule has 0 heterocycles. The molecule has 0 unspecified atom stereocenters. The Hall–Kier alpha value is -2.29. The van der Waals surface area contributed by atoms with Gasteiger partial charge in [0.15, 0.2) is 0 Å². The fraction of sp³-hybridized carbons (Fsp3) is 0.350. The molecule has 3 nitrogen and oxygen atoms in total. The van der Waals surface area contributed by atoms with Gasteiger partial charge in [0.2, 0.25) is 0 Å². The second kappa shape index (κ2) is 8.37. The zero-order chi connectivity index (χ0) is 16.7. The molecule has 0 aromatic heterocycles. The fourth-order valence-electron chi connectivity index (χ4n) is 2.42. The van der Waals surface area contributed by atoms with Gasteiger partial charge in [-0.2, -0.15) is 0 Å². The van der Waals surface area contributed by atoms with E-state index in [2.05, 4.69) is 49.6 Å². The van der Waals surface area contributed by atoms with Gasteiger partial charge in [0.1, 0.15) is 0 Å². The highest BCUT2D eigenvalue weighted by molar-refractivity contribution is 5.94. The summed E-state index contributed by atoms with van der Waals surface area (Å²) >= 11 is 0. The van der Waals surface area contributed by atoms with Gasteiger partial charge in [0.05, 0.1) is 0 Å². The SMILES string of the molecule is CCc1ccccc1NCc1cccc(C(=O)NCC(C)C)c1. The topological polar surface area (TPSA) is 41.1 Å². The summed E-state index contributed by atoms with van der Waals surface area (Å²) in [5.41, 5.74) is 4.28. The number of hydrogen-bond donors (Lipinski definition) is 2. The zero-order valence-corrected chi connectivity index (χ0v) is 14.2. The van der Waals surface area contributed by atoms with Gasteiger partial charge in [-0.05, 0) is 41.7 Å². The lowest BCUT2D eigenvalue weighted by Crippen LogP contribution is -2.27. The Morgan fingerprint density at radius 3 is 2.61 bits per heavy atom. The first kappa shape index (κ1) is 17.1. The number of hydrogen-bond acceptors (Lipinski definition) is 2. The van der Waals surface area contributed by atoms with Crippen LogP contribution < -0.4 is 10.6 Å². The Bertz CT molecular complexity index is 650. The molecule has 2 rings (SSSR count). The van der Waals surface area contributed by atoms with Gasteiger partial charge in [0.25, 0.3) is 5.91 Å². The van der Waals surface area contributed by atoms with Gasteiger partial charge in [-0.25, -0.2) is 0 Å². The van der Waals surface area contributed by atoms with Gasteiger partial charge in [0, 0.05) is 24.3 Å². The molecule has 3 heteroatoms. The highest BCUT2D eigenvalue weighted by atomic mass is 16.1. The van der Waals surface area contributed by atoms with Crippen LogP contribution in [0.5, 0.6) is 0 Å². The van der Waals surface area contributed by atoms with Crippen molar-refractivity contribution >= 4 is 11.6 Å². The van der Waals surface area contributed by atoms with Crippen LogP contribution in [-0.4, -0.2) is 12.5 Å². The molecule has 0 aliphatic heterocycles. The van der Waals surface area contributed by atoms with E-state index in [1.54, 1.807) is 0 Å². The minimum Gasteiger partial charge on any atom is -0.381 e. The van der Waals surface area contributed by atoms with Crippen molar-refractivity contribution in [1.29, 1.82) is 0 Å². The van der Waals surface area contributed by atoms with E-state index in [1.807, 2.05) is 30.3 Å². The Balaban J connectivity index is 2.01. The maximum atomic E-state index is 12.1. The van der Waals surface area contributed by atoms with Gasteiger partial charge >= 0.3 is 0 Å². The summed E-state index contributed by atoms with van der Waals surface area (Å²) in [6.45, 7) is 7.74. The Labute approximate surface area is 139 Å². The highest BCUT2D eigenvalue weighted by Crippen LogP contribution is 2.17. The second-order valence-electron chi connectivity index (χ2n) is 6.17. The summed E-state index contributed by atoms with van der Waals surface area (Å²) < 4.78 is 0. The second-order valence-corrected chi connectivity index (χ2v) is 6.17. The molecule has 122 valence electrons. The van der Waals surface area contributed by atoms with E-state index < -0.39 is 0 Å². The fourth-order valence-corrected chi connectivity index (χ4v) is 2.42. The van der Waals surface area contributed by atoms with Crippen LogP contribution in [-0.2, 0) is 13.0 Å². The molecule has 23 heavy (non-hydrogen) atoms. The number of carbonyl (C=O) groups is 1. The van der Waals surface area contributed by atoms with E-state index >= 15 is 0 Å². The number of anilines is 1. The van der Waals surface area contributed by atoms with Crippen molar-refractivity contribution in [2.45, 2.75) is 33.7 Å². The Morgan fingerprint density at radius 2 is 1.87 bits per heavy atom. The van der Waals surface area contributed by atoms with Crippen LogP contribution in [0.25, 0.3) is 0 Å². The van der Waals surface area contributed by atoms with Gasteiger partial charge in [-0.1, -0.05) is 51.1 Å². The zero-order valence-electron chi connectivity index (χ0n) is 14.2. The number of amides is 1. The minimum absolute atomic E-state index is 0.00508. The quantitative estimate of drug-likeness (QED) is 0.803. The molecule has 0 bridgehead atoms. The van der Waals surface area contributed by atoms with Crippen molar-refractivity contribution in [3.63, 3.8) is 0 Å². The van der Waals surface area contributed by atoms with Crippen LogP contribution >= 0.6 is 0 Å². The molecule has 0 aliphatic rings. The van der Waals surface area contributed by atoms with E-state index in [1.165, 1.54) is 5.56 Å². The summed E-state index contributed by atoms with van der Waals surface area (Å²) in [6, 6.07) is 16.1. The number of carbonyl (C=O) groups excluding carboxylic acids is 1. The van der Waals surface area contributed by atoms with E-state index in [-0.39, 0.29) is 5.91 Å². The van der Waals surface area contributed by atoms with E-state index in [9.17, 15) is 4.79 Å². The minimum atomic E-state index is -0.00508. The van der Waals surface area contributed by atoms with Crippen LogP contribution in [0.1, 0.15) is 42.3 Å². The Morgan fingerprint density at radius 1 is 1.09 bits per heavy atom. The molecule has 2 aromatic rings. The monoisotopic (exact) mass is 310 g/mol. The van der Waals surface area contributed by atoms with Crippen molar-refractivity contribution in [3.8, 4) is 0 Å². The van der Waals surface area contributed by atoms with E-state index in [0.29, 0.717) is 24.6 Å². The van der Waals surface area contributed by atoms with Crippen molar-refractivity contribution in [2.24, 2.45) is 5.92 Å². The maximum absolute atomic E-state index is 12.1. The Kier molecular flexibility index (Phi) is 6.21. The molecule has 0 fully saturated rings. The molecular weight excluding hydrogens is 284 g/mol. The number of nitrogens with one attached hydrogen (secondary N) is 2.